The van der Waals surface area contributed by atoms with E-state index >= 15 is 0 Å². The Labute approximate surface area is 167 Å². The lowest BCUT2D eigenvalue weighted by molar-refractivity contribution is 0.112. The van der Waals surface area contributed by atoms with Crippen molar-refractivity contribution >= 4 is 33.1 Å². The van der Waals surface area contributed by atoms with Gasteiger partial charge in [-0.25, -0.2) is 14.5 Å². The number of benzene rings is 1. The molecule has 0 unspecified atom stereocenters. The topological polar surface area (TPSA) is 97.4 Å². The molecule has 2 N–H and O–H groups in total. The second kappa shape index (κ2) is 6.82. The van der Waals surface area contributed by atoms with Gasteiger partial charge in [-0.3, -0.25) is 0 Å². The minimum absolute atomic E-state index is 0.0818. The van der Waals surface area contributed by atoms with Crippen LogP contribution in [-0.2, 0) is 53.5 Å². The summed E-state index contributed by atoms with van der Waals surface area (Å²) in [6, 6.07) is 1.55. The van der Waals surface area contributed by atoms with Crippen LogP contribution in [0, 0.1) is 0 Å². The number of nitrogens with one attached hydrogen (secondary N) is 2. The average Bonchev–Trinajstić information content (AvgIpc) is 3.39. The highest BCUT2D eigenvalue weighted by Crippen LogP contribution is 2.38. The molecule has 0 spiro atoms. The van der Waals surface area contributed by atoms with Gasteiger partial charge in [0.15, 0.2) is 0 Å². The maximum Gasteiger partial charge on any atom is 0.333 e. The molecule has 0 saturated carbocycles. The van der Waals surface area contributed by atoms with Crippen molar-refractivity contribution in [2.24, 2.45) is 0 Å². The zero-order valence-corrected chi connectivity index (χ0v) is 17.0. The van der Waals surface area contributed by atoms with Crippen LogP contribution < -0.4 is 10.0 Å². The van der Waals surface area contributed by atoms with Crippen molar-refractivity contribution in [3.63, 3.8) is 0 Å². The summed E-state index contributed by atoms with van der Waals surface area (Å²) in [6.45, 7) is 0.908. The second-order valence-corrected chi connectivity index (χ2v) is 10.4. The Kier molecular flexibility index (Phi) is 4.41. The van der Waals surface area contributed by atoms with Gasteiger partial charge < -0.3 is 10.1 Å². The molecule has 0 fully saturated rings. The number of hydrogen-bond donors (Lipinski definition) is 2. The molecule has 3 aliphatic rings. The number of urea groups is 1. The molecule has 1 aromatic carbocycles. The summed E-state index contributed by atoms with van der Waals surface area (Å²) in [5, 5.41) is 2.85. The summed E-state index contributed by atoms with van der Waals surface area (Å²) in [5.74, 6) is 0. The van der Waals surface area contributed by atoms with Gasteiger partial charge in [-0.05, 0) is 60.8 Å². The molecule has 2 aromatic rings. The summed E-state index contributed by atoms with van der Waals surface area (Å²) in [5.41, 5.74) is 6.46. The standard InChI is InChI=1S/C19H21N3O4S2/c23-18(22-28(24,25)19-20-15-7-8-26-10-16(15)27-19)21-17-13-5-1-3-11(13)9-12-4-2-6-14(12)17/h9H,1-8,10H2,(H2,21,22,23). The molecule has 2 aliphatic carbocycles. The van der Waals surface area contributed by atoms with Gasteiger partial charge in [0.2, 0.25) is 4.34 Å². The maximum atomic E-state index is 12.7. The number of ether oxygens (including phenoxy) is 1. The van der Waals surface area contributed by atoms with Gasteiger partial charge in [0.25, 0.3) is 10.0 Å². The smallest absolute Gasteiger partial charge is 0.333 e. The van der Waals surface area contributed by atoms with Crippen LogP contribution in [0.1, 0.15) is 45.7 Å². The molecule has 28 heavy (non-hydrogen) atoms. The fourth-order valence-corrected chi connectivity index (χ4v) is 6.64. The Balaban J connectivity index is 1.39. The molecule has 5 rings (SSSR count). The molecule has 1 aromatic heterocycles. The highest BCUT2D eigenvalue weighted by atomic mass is 32.2. The summed E-state index contributed by atoms with van der Waals surface area (Å²) < 4.78 is 32.7. The number of amides is 2. The lowest BCUT2D eigenvalue weighted by Crippen LogP contribution is -2.35. The van der Waals surface area contributed by atoms with Crippen LogP contribution in [0.3, 0.4) is 0 Å². The Morgan fingerprint density at radius 2 is 1.79 bits per heavy atom. The van der Waals surface area contributed by atoms with Crippen LogP contribution in [0.25, 0.3) is 0 Å². The van der Waals surface area contributed by atoms with E-state index < -0.39 is 16.1 Å². The monoisotopic (exact) mass is 419 g/mol. The number of nitrogens with zero attached hydrogens (tertiary/aromatic N) is 1. The van der Waals surface area contributed by atoms with Crippen LogP contribution in [0.4, 0.5) is 10.5 Å². The molecule has 0 atom stereocenters. The molecule has 2 amide bonds. The fourth-order valence-electron chi connectivity index (χ4n) is 4.39. The van der Waals surface area contributed by atoms with Crippen molar-refractivity contribution < 1.29 is 17.9 Å². The van der Waals surface area contributed by atoms with Gasteiger partial charge >= 0.3 is 6.03 Å². The fraction of sp³-hybridized carbons (Fsp3) is 0.474. The predicted molar refractivity (Wildman–Crippen MR) is 105 cm³/mol. The number of anilines is 1. The van der Waals surface area contributed by atoms with Crippen molar-refractivity contribution in [3.05, 3.63) is 38.9 Å². The molecule has 0 radical (unpaired) electrons. The van der Waals surface area contributed by atoms with E-state index in [1.165, 1.54) is 11.1 Å². The Bertz CT molecular complexity index is 1020. The normalized spacial score (nSPS) is 17.7. The highest BCUT2D eigenvalue weighted by molar-refractivity contribution is 7.92. The van der Waals surface area contributed by atoms with Gasteiger partial charge in [-0.15, -0.1) is 11.3 Å². The molecule has 7 nitrogen and oxygen atoms in total. The molecule has 148 valence electrons. The van der Waals surface area contributed by atoms with Crippen LogP contribution in [0.5, 0.6) is 0 Å². The summed E-state index contributed by atoms with van der Waals surface area (Å²) in [7, 11) is -4.01. The Morgan fingerprint density at radius 1 is 1.07 bits per heavy atom. The quantitative estimate of drug-likeness (QED) is 0.797. The van der Waals surface area contributed by atoms with Crippen LogP contribution in [0.15, 0.2) is 10.4 Å². The zero-order valence-electron chi connectivity index (χ0n) is 15.3. The summed E-state index contributed by atoms with van der Waals surface area (Å²) in [6.07, 6.45) is 6.61. The van der Waals surface area contributed by atoms with E-state index in [9.17, 15) is 13.2 Å². The van der Waals surface area contributed by atoms with Crippen molar-refractivity contribution in [2.45, 2.75) is 55.9 Å². The molecular weight excluding hydrogens is 398 g/mol. The third kappa shape index (κ3) is 3.11. The Morgan fingerprint density at radius 3 is 2.46 bits per heavy atom. The molecule has 1 aliphatic heterocycles. The highest BCUT2D eigenvalue weighted by Gasteiger charge is 2.28. The number of fused-ring (bicyclic) bond motifs is 3. The first-order chi connectivity index (χ1) is 13.5. The van der Waals surface area contributed by atoms with Gasteiger partial charge in [-0.2, -0.15) is 8.42 Å². The third-order valence-corrected chi connectivity index (χ3v) is 8.42. The van der Waals surface area contributed by atoms with E-state index in [4.69, 9.17) is 4.74 Å². The number of rotatable bonds is 3. The molecule has 2 heterocycles. The van der Waals surface area contributed by atoms with Crippen molar-refractivity contribution in [3.8, 4) is 0 Å². The lowest BCUT2D eigenvalue weighted by atomic mass is 9.99. The Hall–Kier alpha value is -1.97. The molecular formula is C19H21N3O4S2. The summed E-state index contributed by atoms with van der Waals surface area (Å²) in [4.78, 5) is 17.6. The van der Waals surface area contributed by atoms with E-state index in [0.717, 1.165) is 77.2 Å². The number of aryl methyl sites for hydroxylation is 2. The van der Waals surface area contributed by atoms with Gasteiger partial charge in [0, 0.05) is 12.1 Å². The van der Waals surface area contributed by atoms with Crippen molar-refractivity contribution in [1.29, 1.82) is 0 Å². The van der Waals surface area contributed by atoms with Crippen LogP contribution >= 0.6 is 11.3 Å². The first-order valence-electron chi connectivity index (χ1n) is 9.58. The van der Waals surface area contributed by atoms with Gasteiger partial charge in [0.1, 0.15) is 0 Å². The van der Waals surface area contributed by atoms with Gasteiger partial charge in [0.05, 0.1) is 23.8 Å². The molecule has 0 bridgehead atoms. The van der Waals surface area contributed by atoms with E-state index in [1.807, 2.05) is 0 Å². The predicted octanol–water partition coefficient (Wildman–Crippen LogP) is 2.70. The maximum absolute atomic E-state index is 12.7. The largest absolute Gasteiger partial charge is 0.375 e. The van der Waals surface area contributed by atoms with Crippen LogP contribution in [0.2, 0.25) is 0 Å². The number of carbonyl (C=O) groups excluding carboxylic acids is 1. The third-order valence-electron chi connectivity index (χ3n) is 5.64. The second-order valence-electron chi connectivity index (χ2n) is 7.45. The number of hydrogen-bond acceptors (Lipinski definition) is 6. The minimum atomic E-state index is -4.01. The average molecular weight is 420 g/mol. The van der Waals surface area contributed by atoms with Crippen molar-refractivity contribution in [2.75, 3.05) is 11.9 Å². The number of aromatic nitrogens is 1. The SMILES string of the molecule is O=C(Nc1c2c(cc3c1CCC3)CCC2)NS(=O)(=O)c1nc2c(s1)COCC2. The lowest BCUT2D eigenvalue weighted by Gasteiger charge is -2.16. The van der Waals surface area contributed by atoms with E-state index in [0.29, 0.717) is 19.6 Å². The van der Waals surface area contributed by atoms with Crippen molar-refractivity contribution in [1.82, 2.24) is 9.71 Å². The van der Waals surface area contributed by atoms with Crippen LogP contribution in [-0.4, -0.2) is 26.0 Å². The van der Waals surface area contributed by atoms with E-state index in [-0.39, 0.29) is 4.34 Å². The molecule has 0 saturated heterocycles. The first kappa shape index (κ1) is 18.1. The summed E-state index contributed by atoms with van der Waals surface area (Å²) >= 11 is 1.06. The zero-order chi connectivity index (χ0) is 19.3. The minimum Gasteiger partial charge on any atom is -0.375 e. The number of thiazole rings is 1. The number of sulfonamides is 1. The van der Waals surface area contributed by atoms with Gasteiger partial charge in [-0.1, -0.05) is 6.07 Å². The number of carbonyl (C=O) groups is 1. The first-order valence-corrected chi connectivity index (χ1v) is 11.9. The van der Waals surface area contributed by atoms with E-state index in [2.05, 4.69) is 21.1 Å². The molecule has 9 heteroatoms. The van der Waals surface area contributed by atoms with E-state index in [1.54, 1.807) is 0 Å².